The van der Waals surface area contributed by atoms with Crippen LogP contribution in [0.1, 0.15) is 18.0 Å². The fourth-order valence-corrected chi connectivity index (χ4v) is 2.92. The van der Waals surface area contributed by atoms with Crippen molar-refractivity contribution >= 4 is 23.2 Å². The van der Waals surface area contributed by atoms with Crippen LogP contribution in [-0.4, -0.2) is 42.8 Å². The van der Waals surface area contributed by atoms with E-state index in [1.54, 1.807) is 6.07 Å². The average Bonchev–Trinajstić information content (AvgIpc) is 2.58. The van der Waals surface area contributed by atoms with Crippen LogP contribution in [0.2, 0.25) is 10.0 Å². The van der Waals surface area contributed by atoms with Crippen LogP contribution in [0.25, 0.3) is 0 Å². The number of hydrogen-bond donors (Lipinski definition) is 2. The first-order valence-corrected chi connectivity index (χ1v) is 6.98. The van der Waals surface area contributed by atoms with Crippen LogP contribution < -0.4 is 5.32 Å². The third-order valence-electron chi connectivity index (χ3n) is 3.26. The van der Waals surface area contributed by atoms with Crippen LogP contribution in [-0.2, 0) is 0 Å². The predicted octanol–water partition coefficient (Wildman–Crippen LogP) is 2.32. The minimum absolute atomic E-state index is 0.0268. The number of halogens is 2. The van der Waals surface area contributed by atoms with Crippen LogP contribution in [0.5, 0.6) is 0 Å². The first kappa shape index (κ1) is 14.1. The molecule has 0 spiro atoms. The molecule has 1 unspecified atom stereocenters. The Morgan fingerprint density at radius 2 is 1.89 bits per heavy atom. The Bertz CT molecular complexity index is 372. The predicted molar refractivity (Wildman–Crippen MR) is 75.3 cm³/mol. The Morgan fingerprint density at radius 1 is 1.17 bits per heavy atom. The molecule has 0 bridgehead atoms. The number of benzene rings is 1. The monoisotopic (exact) mass is 288 g/mol. The summed E-state index contributed by atoms with van der Waals surface area (Å²) < 4.78 is 0. The molecule has 0 radical (unpaired) electrons. The topological polar surface area (TPSA) is 35.5 Å². The lowest BCUT2D eigenvalue weighted by atomic mass is 10.1. The van der Waals surface area contributed by atoms with Gasteiger partial charge in [0.15, 0.2) is 0 Å². The van der Waals surface area contributed by atoms with Crippen molar-refractivity contribution in [2.24, 2.45) is 0 Å². The summed E-state index contributed by atoms with van der Waals surface area (Å²) in [4.78, 5) is 2.28. The number of hydrogen-bond acceptors (Lipinski definition) is 3. The SMILES string of the molecule is OCC(c1cc(Cl)cc(Cl)c1)N1CCCNCC1. The van der Waals surface area contributed by atoms with Gasteiger partial charge in [-0.2, -0.15) is 0 Å². The van der Waals surface area contributed by atoms with Gasteiger partial charge in [0.2, 0.25) is 0 Å². The molecule has 1 aromatic carbocycles. The molecule has 1 aromatic rings. The van der Waals surface area contributed by atoms with E-state index in [1.165, 1.54) is 0 Å². The molecule has 2 N–H and O–H groups in total. The van der Waals surface area contributed by atoms with Crippen molar-refractivity contribution in [3.8, 4) is 0 Å². The standard InChI is InChI=1S/C13H18Cl2N2O/c14-11-6-10(7-12(15)8-11)13(9-18)17-4-1-2-16-3-5-17/h6-8,13,16,18H,1-5,9H2. The Labute approximate surface area is 118 Å². The van der Waals surface area contributed by atoms with E-state index in [0.29, 0.717) is 10.0 Å². The fourth-order valence-electron chi connectivity index (χ4n) is 2.38. The van der Waals surface area contributed by atoms with Gasteiger partial charge in [-0.3, -0.25) is 4.90 Å². The van der Waals surface area contributed by atoms with E-state index in [1.807, 2.05) is 12.1 Å². The summed E-state index contributed by atoms with van der Waals surface area (Å²) in [6.07, 6.45) is 1.09. The lowest BCUT2D eigenvalue weighted by Gasteiger charge is -2.29. The maximum absolute atomic E-state index is 9.66. The molecule has 100 valence electrons. The average molecular weight is 289 g/mol. The Balaban J connectivity index is 2.20. The largest absolute Gasteiger partial charge is 0.394 e. The highest BCUT2D eigenvalue weighted by Crippen LogP contribution is 2.27. The summed E-state index contributed by atoms with van der Waals surface area (Å²) in [5.74, 6) is 0. The van der Waals surface area contributed by atoms with Gasteiger partial charge in [-0.15, -0.1) is 0 Å². The lowest BCUT2D eigenvalue weighted by Crippen LogP contribution is -2.34. The van der Waals surface area contributed by atoms with Gasteiger partial charge in [-0.1, -0.05) is 23.2 Å². The number of nitrogens with one attached hydrogen (secondary N) is 1. The maximum Gasteiger partial charge on any atom is 0.0628 e. The smallest absolute Gasteiger partial charge is 0.0628 e. The molecule has 0 saturated carbocycles. The van der Waals surface area contributed by atoms with E-state index in [0.717, 1.165) is 38.2 Å². The van der Waals surface area contributed by atoms with Crippen molar-refractivity contribution < 1.29 is 5.11 Å². The summed E-state index contributed by atoms with van der Waals surface area (Å²) in [6, 6.07) is 5.45. The molecule has 1 aliphatic rings. The Hall–Kier alpha value is -0.320. The van der Waals surface area contributed by atoms with Gasteiger partial charge in [0, 0.05) is 29.7 Å². The molecule has 0 amide bonds. The second-order valence-corrected chi connectivity index (χ2v) is 5.41. The van der Waals surface area contributed by atoms with Crippen molar-refractivity contribution in [3.63, 3.8) is 0 Å². The summed E-state index contributed by atoms with van der Waals surface area (Å²) >= 11 is 12.1. The number of nitrogens with zero attached hydrogens (tertiary/aromatic N) is 1. The molecule has 0 aromatic heterocycles. The van der Waals surface area contributed by atoms with E-state index in [2.05, 4.69) is 10.2 Å². The molecular formula is C13H18Cl2N2O. The second kappa shape index (κ2) is 6.73. The first-order chi connectivity index (χ1) is 8.70. The van der Waals surface area contributed by atoms with Crippen molar-refractivity contribution in [2.45, 2.75) is 12.5 Å². The summed E-state index contributed by atoms with van der Waals surface area (Å²) in [6.45, 7) is 3.96. The van der Waals surface area contributed by atoms with Crippen molar-refractivity contribution in [1.29, 1.82) is 0 Å². The third-order valence-corrected chi connectivity index (χ3v) is 3.69. The Kier molecular flexibility index (Phi) is 5.27. The zero-order valence-corrected chi connectivity index (χ0v) is 11.7. The van der Waals surface area contributed by atoms with E-state index < -0.39 is 0 Å². The molecule has 2 rings (SSSR count). The molecule has 1 aliphatic heterocycles. The van der Waals surface area contributed by atoms with Gasteiger partial charge in [0.05, 0.1) is 12.6 Å². The van der Waals surface area contributed by atoms with Crippen LogP contribution >= 0.6 is 23.2 Å². The normalized spacial score (nSPS) is 19.5. The van der Waals surface area contributed by atoms with Crippen molar-refractivity contribution in [1.82, 2.24) is 10.2 Å². The quantitative estimate of drug-likeness (QED) is 0.896. The van der Waals surface area contributed by atoms with E-state index >= 15 is 0 Å². The van der Waals surface area contributed by atoms with Gasteiger partial charge in [-0.05, 0) is 36.7 Å². The van der Waals surface area contributed by atoms with E-state index in [4.69, 9.17) is 23.2 Å². The fraction of sp³-hybridized carbons (Fsp3) is 0.538. The molecule has 1 atom stereocenters. The molecule has 18 heavy (non-hydrogen) atoms. The zero-order chi connectivity index (χ0) is 13.0. The number of aliphatic hydroxyl groups is 1. The highest BCUT2D eigenvalue weighted by Gasteiger charge is 2.21. The van der Waals surface area contributed by atoms with Crippen molar-refractivity contribution in [3.05, 3.63) is 33.8 Å². The molecule has 1 heterocycles. The molecule has 0 aliphatic carbocycles. The first-order valence-electron chi connectivity index (χ1n) is 6.22. The molecule has 1 fully saturated rings. The minimum Gasteiger partial charge on any atom is -0.394 e. The van der Waals surface area contributed by atoms with Gasteiger partial charge in [0.1, 0.15) is 0 Å². The zero-order valence-electron chi connectivity index (χ0n) is 10.2. The lowest BCUT2D eigenvalue weighted by molar-refractivity contribution is 0.130. The van der Waals surface area contributed by atoms with Crippen molar-refractivity contribution in [2.75, 3.05) is 32.8 Å². The van der Waals surface area contributed by atoms with E-state index in [-0.39, 0.29) is 12.6 Å². The van der Waals surface area contributed by atoms with Crippen LogP contribution in [0.4, 0.5) is 0 Å². The van der Waals surface area contributed by atoms with E-state index in [9.17, 15) is 5.11 Å². The van der Waals surface area contributed by atoms with Gasteiger partial charge < -0.3 is 10.4 Å². The molecule has 5 heteroatoms. The summed E-state index contributed by atoms with van der Waals surface area (Å²) in [7, 11) is 0. The van der Waals surface area contributed by atoms with Gasteiger partial charge in [0.25, 0.3) is 0 Å². The van der Waals surface area contributed by atoms with Crippen LogP contribution in [0, 0.1) is 0 Å². The molecule has 1 saturated heterocycles. The molecular weight excluding hydrogens is 271 g/mol. The maximum atomic E-state index is 9.66. The van der Waals surface area contributed by atoms with Gasteiger partial charge in [-0.25, -0.2) is 0 Å². The Morgan fingerprint density at radius 3 is 2.56 bits per heavy atom. The summed E-state index contributed by atoms with van der Waals surface area (Å²) in [5.41, 5.74) is 0.983. The third kappa shape index (κ3) is 3.59. The van der Waals surface area contributed by atoms with Crippen LogP contribution in [0.15, 0.2) is 18.2 Å². The summed E-state index contributed by atoms with van der Waals surface area (Å²) in [5, 5.41) is 14.2. The number of aliphatic hydroxyl groups excluding tert-OH is 1. The molecule has 3 nitrogen and oxygen atoms in total. The van der Waals surface area contributed by atoms with Crippen LogP contribution in [0.3, 0.4) is 0 Å². The minimum atomic E-state index is -0.0268. The highest BCUT2D eigenvalue weighted by molar-refractivity contribution is 6.34. The van der Waals surface area contributed by atoms with Gasteiger partial charge >= 0.3 is 0 Å². The second-order valence-electron chi connectivity index (χ2n) is 4.54. The number of rotatable bonds is 3. The highest BCUT2D eigenvalue weighted by atomic mass is 35.5.